The van der Waals surface area contributed by atoms with Crippen molar-refractivity contribution in [3.05, 3.63) is 42.2 Å². The molecule has 3 nitrogen and oxygen atoms in total. The lowest BCUT2D eigenvalue weighted by Gasteiger charge is -2.57. The van der Waals surface area contributed by atoms with E-state index in [1.54, 1.807) is 0 Å². The predicted octanol–water partition coefficient (Wildman–Crippen LogP) is 1.49. The number of hydrogen-bond acceptors (Lipinski definition) is 2. The molecule has 0 aliphatic heterocycles. The van der Waals surface area contributed by atoms with E-state index in [4.69, 9.17) is 0 Å². The summed E-state index contributed by atoms with van der Waals surface area (Å²) in [5, 5.41) is 10.2. The van der Waals surface area contributed by atoms with Crippen LogP contribution in [-0.2, 0) is 11.3 Å². The summed E-state index contributed by atoms with van der Waals surface area (Å²) in [6, 6.07) is 6.02. The van der Waals surface area contributed by atoms with Crippen LogP contribution in [0.1, 0.15) is 65.2 Å². The number of aliphatic hydroxyl groups excluding tert-OH is 1. The van der Waals surface area contributed by atoms with Gasteiger partial charge in [0.15, 0.2) is 12.4 Å². The zero-order valence-electron chi connectivity index (χ0n) is 18.4. The highest BCUT2D eigenvalue weighted by molar-refractivity contribution is 5.81. The van der Waals surface area contributed by atoms with Crippen molar-refractivity contribution >= 4 is 5.78 Å². The second-order valence-corrected chi connectivity index (χ2v) is 10.8. The second-order valence-electron chi connectivity index (χ2n) is 10.8. The van der Waals surface area contributed by atoms with Crippen molar-refractivity contribution in [3.63, 3.8) is 0 Å². The van der Waals surface area contributed by atoms with E-state index >= 15 is 0 Å². The summed E-state index contributed by atoms with van der Waals surface area (Å²) in [6.07, 6.45) is 15.3. The first-order chi connectivity index (χ1) is 13.9. The van der Waals surface area contributed by atoms with Crippen molar-refractivity contribution in [2.24, 2.45) is 34.5 Å². The maximum Gasteiger partial charge on any atom is 0.206 e. The van der Waals surface area contributed by atoms with Crippen LogP contribution in [-0.4, -0.2) is 17.0 Å². The molecule has 30 heavy (non-hydrogen) atoms. The van der Waals surface area contributed by atoms with Crippen molar-refractivity contribution < 1.29 is 38.4 Å². The van der Waals surface area contributed by atoms with Gasteiger partial charge in [0.2, 0.25) is 12.3 Å². The molecule has 3 fully saturated rings. The first-order valence-electron chi connectivity index (χ1n) is 11.8. The highest BCUT2D eigenvalue weighted by Gasteiger charge is 2.59. The molecule has 7 unspecified atom stereocenters. The number of aromatic nitrogens is 1. The fourth-order valence-electron chi connectivity index (χ4n) is 8.00. The fourth-order valence-corrected chi connectivity index (χ4v) is 8.00. The number of carbonyl (C=O) groups is 1. The Morgan fingerprint density at radius 1 is 1.07 bits per heavy atom. The molecule has 0 radical (unpaired) electrons. The Labute approximate surface area is 198 Å². The molecule has 5 rings (SSSR count). The van der Waals surface area contributed by atoms with E-state index < -0.39 is 0 Å². The maximum absolute atomic E-state index is 13.3. The van der Waals surface area contributed by atoms with Gasteiger partial charge in [-0.15, -0.1) is 0 Å². The third kappa shape index (κ3) is 3.50. The number of hydrogen-bond donors (Lipinski definition) is 1. The third-order valence-electron chi connectivity index (χ3n) is 9.58. The van der Waals surface area contributed by atoms with Crippen LogP contribution in [0.2, 0.25) is 0 Å². The van der Waals surface area contributed by atoms with E-state index in [1.165, 1.54) is 24.8 Å². The predicted molar refractivity (Wildman–Crippen MR) is 113 cm³/mol. The van der Waals surface area contributed by atoms with Gasteiger partial charge in [-0.05, 0) is 80.0 Å². The Morgan fingerprint density at radius 3 is 2.60 bits per heavy atom. The first-order valence-corrected chi connectivity index (χ1v) is 11.8. The number of Topliss-reactive ketones (excluding diaryl/α,β-unsaturated/α-hetero) is 1. The van der Waals surface area contributed by atoms with Crippen LogP contribution in [0.5, 0.6) is 0 Å². The molecular weight excluding hydrogens is 485 g/mol. The van der Waals surface area contributed by atoms with Crippen molar-refractivity contribution in [3.8, 4) is 0 Å². The lowest BCUT2D eigenvalue weighted by atomic mass is 9.47. The number of carbonyl (C=O) groups excluding carboxylic acids is 1. The number of ketones is 1. The summed E-state index contributed by atoms with van der Waals surface area (Å²) < 4.78 is 2.04. The molecule has 4 heteroatoms. The van der Waals surface area contributed by atoms with Gasteiger partial charge in [0.1, 0.15) is 0 Å². The Balaban J connectivity index is 0.00000218. The fraction of sp³-hybridized carbons (Fsp3) is 0.692. The highest BCUT2D eigenvalue weighted by Crippen LogP contribution is 2.66. The number of allylic oxidation sites excluding steroid dienone is 1. The van der Waals surface area contributed by atoms with Crippen LogP contribution >= 0.6 is 0 Å². The van der Waals surface area contributed by atoms with Gasteiger partial charge in [-0.25, -0.2) is 0 Å². The second kappa shape index (κ2) is 8.31. The van der Waals surface area contributed by atoms with Crippen LogP contribution in [0.3, 0.4) is 0 Å². The number of pyridine rings is 1. The smallest absolute Gasteiger partial charge is 0.206 e. The molecular formula is C26H36INO2. The van der Waals surface area contributed by atoms with Crippen LogP contribution in [0, 0.1) is 34.5 Å². The number of fused-ring (bicyclic) bond motifs is 5. The minimum Gasteiger partial charge on any atom is -1.00 e. The average Bonchev–Trinajstić information content (AvgIpc) is 3.06. The summed E-state index contributed by atoms with van der Waals surface area (Å²) in [5.74, 6) is 2.79. The maximum atomic E-state index is 13.3. The molecule has 1 heterocycles. The Morgan fingerprint density at radius 2 is 1.83 bits per heavy atom. The van der Waals surface area contributed by atoms with Gasteiger partial charge < -0.3 is 29.1 Å². The minimum absolute atomic E-state index is 0. The molecule has 4 aliphatic rings. The van der Waals surface area contributed by atoms with Crippen molar-refractivity contribution in [1.82, 2.24) is 0 Å². The normalized spacial score (nSPS) is 42.2. The van der Waals surface area contributed by atoms with Gasteiger partial charge in [-0.1, -0.05) is 31.6 Å². The van der Waals surface area contributed by atoms with E-state index in [2.05, 4.69) is 19.9 Å². The minimum atomic E-state index is -0.135. The standard InChI is InChI=1S/C26H36NO2.HI/c1-25-12-10-19(28)16-18(25)6-7-20-21-8-9-23(26(21,2)13-11-22(20)25)24(29)17-27-14-4-3-5-15-27;/h3-6,14-15,19-23,28H,7-13,16-17H2,1-2H3;1H/q+1;/p-1. The highest BCUT2D eigenvalue weighted by atomic mass is 127. The zero-order valence-corrected chi connectivity index (χ0v) is 20.6. The van der Waals surface area contributed by atoms with Crippen molar-refractivity contribution in [2.45, 2.75) is 77.9 Å². The molecule has 4 aliphatic carbocycles. The molecule has 1 aromatic rings. The molecule has 0 bridgehead atoms. The van der Waals surface area contributed by atoms with E-state index in [-0.39, 0.29) is 46.8 Å². The molecule has 1 aromatic heterocycles. The zero-order chi connectivity index (χ0) is 20.2. The number of halogens is 1. The Kier molecular flexibility index (Phi) is 6.22. The molecule has 164 valence electrons. The summed E-state index contributed by atoms with van der Waals surface area (Å²) in [4.78, 5) is 13.3. The third-order valence-corrected chi connectivity index (χ3v) is 9.58. The molecule has 0 spiro atoms. The molecule has 3 saturated carbocycles. The van der Waals surface area contributed by atoms with Crippen molar-refractivity contribution in [1.29, 1.82) is 0 Å². The van der Waals surface area contributed by atoms with Crippen molar-refractivity contribution in [2.75, 3.05) is 0 Å². The summed E-state index contributed by atoms with van der Waals surface area (Å²) in [5.41, 5.74) is 1.99. The average molecular weight is 521 g/mol. The van der Waals surface area contributed by atoms with Crippen LogP contribution in [0.15, 0.2) is 42.2 Å². The number of aliphatic hydroxyl groups is 1. The first kappa shape index (κ1) is 22.4. The number of nitrogens with zero attached hydrogens (tertiary/aromatic N) is 1. The van der Waals surface area contributed by atoms with E-state index in [0.717, 1.165) is 43.9 Å². The molecule has 7 atom stereocenters. The van der Waals surface area contributed by atoms with Gasteiger partial charge in [0, 0.05) is 18.1 Å². The van der Waals surface area contributed by atoms with Gasteiger partial charge in [-0.2, -0.15) is 4.57 Å². The van der Waals surface area contributed by atoms with E-state index in [1.807, 2.05) is 35.2 Å². The quantitative estimate of drug-likeness (QED) is 0.372. The molecule has 0 amide bonds. The van der Waals surface area contributed by atoms with Gasteiger partial charge in [-0.3, -0.25) is 4.79 Å². The summed E-state index contributed by atoms with van der Waals surface area (Å²) >= 11 is 0. The SMILES string of the molecule is CC12CCC(O)CC1=CCC1C2CCC2(C)C(C(=O)C[n+]3ccccc3)CCC12.[I-]. The molecule has 1 N–H and O–H groups in total. The van der Waals surface area contributed by atoms with Gasteiger partial charge in [0.05, 0.1) is 6.10 Å². The van der Waals surface area contributed by atoms with Crippen LogP contribution < -0.4 is 28.5 Å². The van der Waals surface area contributed by atoms with Gasteiger partial charge in [0.25, 0.3) is 0 Å². The number of rotatable bonds is 3. The summed E-state index contributed by atoms with van der Waals surface area (Å²) in [7, 11) is 0. The Bertz CT molecular complexity index is 824. The Hall–Kier alpha value is -0.750. The van der Waals surface area contributed by atoms with Gasteiger partial charge >= 0.3 is 0 Å². The van der Waals surface area contributed by atoms with Crippen LogP contribution in [0.4, 0.5) is 0 Å². The monoisotopic (exact) mass is 521 g/mol. The lowest BCUT2D eigenvalue weighted by molar-refractivity contribution is -0.684. The van der Waals surface area contributed by atoms with E-state index in [0.29, 0.717) is 18.2 Å². The van der Waals surface area contributed by atoms with E-state index in [9.17, 15) is 9.90 Å². The molecule has 0 saturated heterocycles. The summed E-state index contributed by atoms with van der Waals surface area (Å²) in [6.45, 7) is 5.43. The molecule has 0 aromatic carbocycles. The lowest BCUT2D eigenvalue weighted by Crippen LogP contribution is -3.00. The van der Waals surface area contributed by atoms with Crippen LogP contribution in [0.25, 0.3) is 0 Å². The topological polar surface area (TPSA) is 41.2 Å². The largest absolute Gasteiger partial charge is 1.00 e.